The van der Waals surface area contributed by atoms with Crippen LogP contribution in [0, 0.1) is 5.82 Å². The van der Waals surface area contributed by atoms with Gasteiger partial charge >= 0.3 is 0 Å². The molecule has 0 aliphatic carbocycles. The van der Waals surface area contributed by atoms with Crippen LogP contribution < -0.4 is 10.6 Å². The van der Waals surface area contributed by atoms with Crippen molar-refractivity contribution in [2.45, 2.75) is 31.8 Å². The van der Waals surface area contributed by atoms with Gasteiger partial charge in [0.1, 0.15) is 5.65 Å². The molecule has 0 radical (unpaired) electrons. The summed E-state index contributed by atoms with van der Waals surface area (Å²) in [5, 5.41) is 7.14. The number of amides is 1. The van der Waals surface area contributed by atoms with E-state index < -0.39 is 5.82 Å². The average Bonchev–Trinajstić information content (AvgIpc) is 3.17. The molecule has 158 valence electrons. The van der Waals surface area contributed by atoms with Crippen molar-refractivity contribution in [2.75, 3.05) is 25.5 Å². The van der Waals surface area contributed by atoms with E-state index in [0.717, 1.165) is 31.0 Å². The minimum atomic E-state index is -0.522. The third-order valence-electron chi connectivity index (χ3n) is 5.45. The number of rotatable bonds is 5. The summed E-state index contributed by atoms with van der Waals surface area (Å²) in [4.78, 5) is 29.9. The van der Waals surface area contributed by atoms with Crippen LogP contribution in [-0.4, -0.2) is 63.0 Å². The Bertz CT molecular complexity index is 1070. The number of nitrogens with one attached hydrogen (secondary N) is 3. The zero-order chi connectivity index (χ0) is 21.3. The molecule has 4 rings (SSSR count). The number of likely N-dealkylation sites (tertiary alicyclic amines) is 1. The molecule has 0 spiro atoms. The summed E-state index contributed by atoms with van der Waals surface area (Å²) in [6.45, 7) is 3.33. The second-order valence-corrected chi connectivity index (χ2v) is 7.85. The number of piperidine rings is 1. The third kappa shape index (κ3) is 4.08. The molecule has 10 heteroatoms. The van der Waals surface area contributed by atoms with Crippen molar-refractivity contribution >= 4 is 34.4 Å². The van der Waals surface area contributed by atoms with Gasteiger partial charge in [0.15, 0.2) is 17.5 Å². The van der Waals surface area contributed by atoms with E-state index in [1.54, 1.807) is 25.5 Å². The SMILES string of the molecule is CNC(=O)C(C)N1CCCC(Nc2nc(-c3c[nH]c4ncc(Cl)cc34)ncc2F)C1. The molecule has 1 amide bonds. The lowest BCUT2D eigenvalue weighted by atomic mass is 10.0. The van der Waals surface area contributed by atoms with Crippen molar-refractivity contribution in [2.24, 2.45) is 0 Å². The summed E-state index contributed by atoms with van der Waals surface area (Å²) in [6.07, 6.45) is 6.22. The molecule has 1 fully saturated rings. The molecule has 1 saturated heterocycles. The number of fused-ring (bicyclic) bond motifs is 1. The van der Waals surface area contributed by atoms with Crippen molar-refractivity contribution in [1.29, 1.82) is 0 Å². The van der Waals surface area contributed by atoms with E-state index in [1.165, 1.54) is 0 Å². The minimum Gasteiger partial charge on any atom is -0.363 e. The molecule has 30 heavy (non-hydrogen) atoms. The van der Waals surface area contributed by atoms with Crippen LogP contribution in [0.3, 0.4) is 0 Å². The van der Waals surface area contributed by atoms with E-state index in [4.69, 9.17) is 11.6 Å². The van der Waals surface area contributed by atoms with Crippen molar-refractivity contribution < 1.29 is 9.18 Å². The van der Waals surface area contributed by atoms with E-state index in [-0.39, 0.29) is 23.8 Å². The maximum absolute atomic E-state index is 14.5. The van der Waals surface area contributed by atoms with Gasteiger partial charge in [-0.25, -0.2) is 19.3 Å². The Morgan fingerprint density at radius 2 is 2.23 bits per heavy atom. The Balaban J connectivity index is 1.56. The van der Waals surface area contributed by atoms with Gasteiger partial charge in [-0.15, -0.1) is 0 Å². The van der Waals surface area contributed by atoms with Gasteiger partial charge in [-0.2, -0.15) is 0 Å². The fourth-order valence-electron chi connectivity index (χ4n) is 3.81. The topological polar surface area (TPSA) is 98.8 Å². The van der Waals surface area contributed by atoms with Crippen molar-refractivity contribution in [3.8, 4) is 11.4 Å². The lowest BCUT2D eigenvalue weighted by Gasteiger charge is -2.36. The second-order valence-electron chi connectivity index (χ2n) is 7.41. The van der Waals surface area contributed by atoms with E-state index in [2.05, 4.69) is 35.5 Å². The maximum Gasteiger partial charge on any atom is 0.236 e. The number of likely N-dealkylation sites (N-methyl/N-ethyl adjacent to an activating group) is 1. The molecule has 8 nitrogen and oxygen atoms in total. The molecular formula is C20H23ClFN7O. The first-order chi connectivity index (χ1) is 14.5. The lowest BCUT2D eigenvalue weighted by molar-refractivity contribution is -0.125. The van der Waals surface area contributed by atoms with Gasteiger partial charge in [-0.3, -0.25) is 9.69 Å². The largest absolute Gasteiger partial charge is 0.363 e. The first-order valence-corrected chi connectivity index (χ1v) is 10.2. The van der Waals surface area contributed by atoms with Gasteiger partial charge < -0.3 is 15.6 Å². The molecule has 2 atom stereocenters. The van der Waals surface area contributed by atoms with Crippen LogP contribution in [0.2, 0.25) is 5.02 Å². The summed E-state index contributed by atoms with van der Waals surface area (Å²) >= 11 is 6.07. The molecule has 1 aliphatic rings. The van der Waals surface area contributed by atoms with Crippen LogP contribution >= 0.6 is 11.6 Å². The first-order valence-electron chi connectivity index (χ1n) is 9.84. The summed E-state index contributed by atoms with van der Waals surface area (Å²) in [6, 6.07) is 1.51. The van der Waals surface area contributed by atoms with Crippen LogP contribution in [0.25, 0.3) is 22.4 Å². The predicted molar refractivity (Wildman–Crippen MR) is 114 cm³/mol. The van der Waals surface area contributed by atoms with Gasteiger partial charge in [-0.1, -0.05) is 11.6 Å². The quantitative estimate of drug-likeness (QED) is 0.574. The van der Waals surface area contributed by atoms with Crippen LogP contribution in [0.15, 0.2) is 24.7 Å². The normalized spacial score (nSPS) is 18.3. The number of halogens is 2. The van der Waals surface area contributed by atoms with Crippen LogP contribution in [0.4, 0.5) is 10.2 Å². The molecule has 2 unspecified atom stereocenters. The first kappa shape index (κ1) is 20.5. The molecule has 0 bridgehead atoms. The lowest BCUT2D eigenvalue weighted by Crippen LogP contribution is -2.51. The molecule has 0 saturated carbocycles. The second kappa shape index (κ2) is 8.53. The number of aromatic amines is 1. The zero-order valence-electron chi connectivity index (χ0n) is 16.7. The number of hydrogen-bond donors (Lipinski definition) is 3. The Hall–Kier alpha value is -2.78. The highest BCUT2D eigenvalue weighted by atomic mass is 35.5. The number of pyridine rings is 1. The maximum atomic E-state index is 14.5. The number of carbonyl (C=O) groups excluding carboxylic acids is 1. The fourth-order valence-corrected chi connectivity index (χ4v) is 3.96. The highest BCUT2D eigenvalue weighted by molar-refractivity contribution is 6.31. The van der Waals surface area contributed by atoms with Gasteiger partial charge in [0.05, 0.1) is 17.3 Å². The van der Waals surface area contributed by atoms with Crippen molar-refractivity contribution in [1.82, 2.24) is 30.2 Å². The molecule has 3 N–H and O–H groups in total. The summed E-state index contributed by atoms with van der Waals surface area (Å²) in [5.41, 5.74) is 1.35. The van der Waals surface area contributed by atoms with Crippen LogP contribution in [0.5, 0.6) is 0 Å². The minimum absolute atomic E-state index is 0.0258. The van der Waals surface area contributed by atoms with Crippen molar-refractivity contribution in [3.05, 3.63) is 35.5 Å². The predicted octanol–water partition coefficient (Wildman–Crippen LogP) is 2.82. The average molecular weight is 432 g/mol. The molecule has 0 aromatic carbocycles. The fraction of sp³-hybridized carbons (Fsp3) is 0.400. The van der Waals surface area contributed by atoms with Gasteiger partial charge in [0.25, 0.3) is 0 Å². The van der Waals surface area contributed by atoms with E-state index >= 15 is 0 Å². The Morgan fingerprint density at radius 1 is 1.40 bits per heavy atom. The van der Waals surface area contributed by atoms with Gasteiger partial charge in [0, 0.05) is 43.0 Å². The van der Waals surface area contributed by atoms with E-state index in [0.29, 0.717) is 28.6 Å². The number of anilines is 1. The number of aromatic nitrogens is 4. The number of hydrogen-bond acceptors (Lipinski definition) is 6. The van der Waals surface area contributed by atoms with Crippen LogP contribution in [-0.2, 0) is 4.79 Å². The Morgan fingerprint density at radius 3 is 3.03 bits per heavy atom. The molecule has 4 heterocycles. The molecule has 3 aromatic heterocycles. The third-order valence-corrected chi connectivity index (χ3v) is 5.66. The van der Waals surface area contributed by atoms with E-state index in [1.807, 2.05) is 6.92 Å². The Kier molecular flexibility index (Phi) is 5.83. The Labute approximate surface area is 178 Å². The summed E-state index contributed by atoms with van der Waals surface area (Å²) < 4.78 is 14.5. The smallest absolute Gasteiger partial charge is 0.236 e. The van der Waals surface area contributed by atoms with Gasteiger partial charge in [0.2, 0.25) is 5.91 Å². The monoisotopic (exact) mass is 431 g/mol. The van der Waals surface area contributed by atoms with E-state index in [9.17, 15) is 9.18 Å². The zero-order valence-corrected chi connectivity index (χ0v) is 17.5. The standard InChI is InChI=1S/C20H23ClFN7O/c1-11(20(30)23-2)29-5-3-4-13(10-29)27-19-16(22)9-26-18(28-19)15-8-25-17-14(15)6-12(21)7-24-17/h6-9,11,13H,3-5,10H2,1-2H3,(H,23,30)(H,24,25)(H,26,27,28). The number of carbonyl (C=O) groups is 1. The highest BCUT2D eigenvalue weighted by Gasteiger charge is 2.27. The van der Waals surface area contributed by atoms with Crippen LogP contribution in [0.1, 0.15) is 19.8 Å². The van der Waals surface area contributed by atoms with Crippen molar-refractivity contribution in [3.63, 3.8) is 0 Å². The van der Waals surface area contributed by atoms with Gasteiger partial charge in [-0.05, 0) is 32.4 Å². The number of H-pyrrole nitrogens is 1. The summed E-state index contributed by atoms with van der Waals surface area (Å²) in [5.74, 6) is -0.0339. The highest BCUT2D eigenvalue weighted by Crippen LogP contribution is 2.28. The summed E-state index contributed by atoms with van der Waals surface area (Å²) in [7, 11) is 1.63. The molecular weight excluding hydrogens is 409 g/mol. The molecule has 3 aromatic rings. The number of nitrogens with zero attached hydrogens (tertiary/aromatic N) is 4. The molecule has 1 aliphatic heterocycles.